The van der Waals surface area contributed by atoms with E-state index in [-0.39, 0.29) is 5.54 Å². The number of rotatable bonds is 2. The summed E-state index contributed by atoms with van der Waals surface area (Å²) in [7, 11) is 0. The molecule has 0 radical (unpaired) electrons. The van der Waals surface area contributed by atoms with Crippen LogP contribution in [0, 0.1) is 0 Å². The van der Waals surface area contributed by atoms with E-state index >= 15 is 0 Å². The van der Waals surface area contributed by atoms with E-state index in [2.05, 4.69) is 42.0 Å². The molecule has 1 aromatic heterocycles. The van der Waals surface area contributed by atoms with Crippen molar-refractivity contribution in [2.24, 2.45) is 0 Å². The summed E-state index contributed by atoms with van der Waals surface area (Å²) >= 11 is 0. The Bertz CT molecular complexity index is 334. The number of pyridine rings is 1. The molecule has 0 saturated carbocycles. The third kappa shape index (κ3) is 2.42. The SMILES string of the molecule is CC1CNCC(C)(C)N1Cc1cccnc1. The van der Waals surface area contributed by atoms with Crippen molar-refractivity contribution in [3.63, 3.8) is 0 Å². The Labute approximate surface area is 97.9 Å². The third-order valence-corrected chi connectivity index (χ3v) is 3.38. The molecule has 1 unspecified atom stereocenters. The van der Waals surface area contributed by atoms with Gasteiger partial charge in [0.2, 0.25) is 0 Å². The fourth-order valence-electron chi connectivity index (χ4n) is 2.45. The highest BCUT2D eigenvalue weighted by Crippen LogP contribution is 2.22. The predicted molar refractivity (Wildman–Crippen MR) is 66.2 cm³/mol. The summed E-state index contributed by atoms with van der Waals surface area (Å²) in [4.78, 5) is 6.74. The molecule has 3 nitrogen and oxygen atoms in total. The molecule has 2 rings (SSSR count). The number of piperazine rings is 1. The quantitative estimate of drug-likeness (QED) is 0.820. The topological polar surface area (TPSA) is 28.2 Å². The van der Waals surface area contributed by atoms with Crippen molar-refractivity contribution < 1.29 is 0 Å². The first-order valence-corrected chi connectivity index (χ1v) is 5.96. The first-order valence-electron chi connectivity index (χ1n) is 5.96. The van der Waals surface area contributed by atoms with Crippen molar-refractivity contribution in [3.05, 3.63) is 30.1 Å². The van der Waals surface area contributed by atoms with Crippen molar-refractivity contribution in [2.75, 3.05) is 13.1 Å². The van der Waals surface area contributed by atoms with Gasteiger partial charge in [0.05, 0.1) is 0 Å². The zero-order valence-electron chi connectivity index (χ0n) is 10.4. The lowest BCUT2D eigenvalue weighted by Crippen LogP contribution is -2.61. The molecule has 1 aliphatic heterocycles. The van der Waals surface area contributed by atoms with Crippen molar-refractivity contribution in [3.8, 4) is 0 Å². The van der Waals surface area contributed by atoms with Crippen LogP contribution in [0.25, 0.3) is 0 Å². The Morgan fingerprint density at radius 3 is 3.00 bits per heavy atom. The van der Waals surface area contributed by atoms with E-state index in [9.17, 15) is 0 Å². The second-order valence-corrected chi connectivity index (χ2v) is 5.28. The monoisotopic (exact) mass is 219 g/mol. The lowest BCUT2D eigenvalue weighted by Gasteiger charge is -2.47. The molecule has 88 valence electrons. The molecule has 1 saturated heterocycles. The Morgan fingerprint density at radius 2 is 2.38 bits per heavy atom. The Hall–Kier alpha value is -0.930. The van der Waals surface area contributed by atoms with Gasteiger partial charge in [-0.3, -0.25) is 9.88 Å². The molecule has 1 atom stereocenters. The highest BCUT2D eigenvalue weighted by molar-refractivity contribution is 5.10. The smallest absolute Gasteiger partial charge is 0.0312 e. The molecule has 0 aromatic carbocycles. The largest absolute Gasteiger partial charge is 0.313 e. The molecule has 1 aliphatic rings. The highest BCUT2D eigenvalue weighted by atomic mass is 15.3. The third-order valence-electron chi connectivity index (χ3n) is 3.38. The summed E-state index contributed by atoms with van der Waals surface area (Å²) in [6, 6.07) is 4.73. The summed E-state index contributed by atoms with van der Waals surface area (Å²) in [5.41, 5.74) is 1.51. The highest BCUT2D eigenvalue weighted by Gasteiger charge is 2.33. The zero-order chi connectivity index (χ0) is 11.6. The van der Waals surface area contributed by atoms with Crippen LogP contribution in [0.5, 0.6) is 0 Å². The van der Waals surface area contributed by atoms with Crippen molar-refractivity contribution in [1.82, 2.24) is 15.2 Å². The Morgan fingerprint density at radius 1 is 1.56 bits per heavy atom. The molecule has 16 heavy (non-hydrogen) atoms. The van der Waals surface area contributed by atoms with E-state index in [1.165, 1.54) is 5.56 Å². The molecular formula is C13H21N3. The van der Waals surface area contributed by atoms with Crippen LogP contribution in [0.4, 0.5) is 0 Å². The van der Waals surface area contributed by atoms with Gasteiger partial charge in [-0.05, 0) is 32.4 Å². The molecule has 0 bridgehead atoms. The molecule has 2 heterocycles. The number of nitrogens with one attached hydrogen (secondary N) is 1. The molecule has 1 fully saturated rings. The number of hydrogen-bond acceptors (Lipinski definition) is 3. The minimum absolute atomic E-state index is 0.216. The first-order chi connectivity index (χ1) is 7.59. The van der Waals surface area contributed by atoms with Gasteiger partial charge < -0.3 is 5.32 Å². The van der Waals surface area contributed by atoms with Crippen LogP contribution in [-0.2, 0) is 6.54 Å². The Kier molecular flexibility index (Phi) is 3.26. The Balaban J connectivity index is 2.12. The first kappa shape index (κ1) is 11.6. The average Bonchev–Trinajstić information content (AvgIpc) is 2.25. The molecule has 0 aliphatic carbocycles. The van der Waals surface area contributed by atoms with E-state index < -0.39 is 0 Å². The minimum Gasteiger partial charge on any atom is -0.313 e. The maximum Gasteiger partial charge on any atom is 0.0312 e. The van der Waals surface area contributed by atoms with Crippen molar-refractivity contribution in [2.45, 2.75) is 38.9 Å². The normalized spacial score (nSPS) is 25.6. The molecule has 1 aromatic rings. The van der Waals surface area contributed by atoms with Crippen LogP contribution in [0.3, 0.4) is 0 Å². The van der Waals surface area contributed by atoms with Gasteiger partial charge in [-0.25, -0.2) is 0 Å². The summed E-state index contributed by atoms with van der Waals surface area (Å²) < 4.78 is 0. The molecule has 1 N–H and O–H groups in total. The van der Waals surface area contributed by atoms with Crippen LogP contribution in [0.15, 0.2) is 24.5 Å². The molecular weight excluding hydrogens is 198 g/mol. The van der Waals surface area contributed by atoms with Gasteiger partial charge in [0.1, 0.15) is 0 Å². The van der Waals surface area contributed by atoms with Crippen LogP contribution in [0.2, 0.25) is 0 Å². The second-order valence-electron chi connectivity index (χ2n) is 5.28. The number of aromatic nitrogens is 1. The van der Waals surface area contributed by atoms with Gasteiger partial charge in [0, 0.05) is 43.6 Å². The van der Waals surface area contributed by atoms with Crippen molar-refractivity contribution >= 4 is 0 Å². The number of hydrogen-bond donors (Lipinski definition) is 1. The average molecular weight is 219 g/mol. The molecule has 0 amide bonds. The van der Waals surface area contributed by atoms with Crippen LogP contribution in [-0.4, -0.2) is 34.6 Å². The summed E-state index contributed by atoms with van der Waals surface area (Å²) in [5, 5.41) is 3.48. The standard InChI is InChI=1S/C13H21N3/c1-11-7-15-10-13(2,3)16(11)9-12-5-4-6-14-8-12/h4-6,8,11,15H,7,9-10H2,1-3H3. The van der Waals surface area contributed by atoms with E-state index in [4.69, 9.17) is 0 Å². The van der Waals surface area contributed by atoms with Gasteiger partial charge in [0.25, 0.3) is 0 Å². The van der Waals surface area contributed by atoms with E-state index in [1.54, 1.807) is 0 Å². The van der Waals surface area contributed by atoms with Gasteiger partial charge in [-0.2, -0.15) is 0 Å². The maximum atomic E-state index is 4.18. The van der Waals surface area contributed by atoms with Gasteiger partial charge >= 0.3 is 0 Å². The van der Waals surface area contributed by atoms with Gasteiger partial charge in [-0.15, -0.1) is 0 Å². The van der Waals surface area contributed by atoms with E-state index in [0.29, 0.717) is 6.04 Å². The van der Waals surface area contributed by atoms with Crippen LogP contribution in [0.1, 0.15) is 26.3 Å². The number of nitrogens with zero attached hydrogens (tertiary/aromatic N) is 2. The molecule has 3 heteroatoms. The predicted octanol–water partition coefficient (Wildman–Crippen LogP) is 1.65. The lowest BCUT2D eigenvalue weighted by atomic mass is 9.96. The van der Waals surface area contributed by atoms with Crippen molar-refractivity contribution in [1.29, 1.82) is 0 Å². The van der Waals surface area contributed by atoms with Gasteiger partial charge in [-0.1, -0.05) is 6.07 Å². The summed E-state index contributed by atoms with van der Waals surface area (Å²) in [6.45, 7) is 9.99. The molecule has 0 spiro atoms. The maximum absolute atomic E-state index is 4.18. The fraction of sp³-hybridized carbons (Fsp3) is 0.615. The second kappa shape index (κ2) is 4.52. The summed E-state index contributed by atoms with van der Waals surface area (Å²) in [6.07, 6.45) is 3.79. The zero-order valence-corrected chi connectivity index (χ0v) is 10.4. The van der Waals surface area contributed by atoms with Crippen LogP contribution < -0.4 is 5.32 Å². The summed E-state index contributed by atoms with van der Waals surface area (Å²) in [5.74, 6) is 0. The van der Waals surface area contributed by atoms with Gasteiger partial charge in [0.15, 0.2) is 0 Å². The fourth-order valence-corrected chi connectivity index (χ4v) is 2.45. The van der Waals surface area contributed by atoms with E-state index in [0.717, 1.165) is 19.6 Å². The lowest BCUT2D eigenvalue weighted by molar-refractivity contribution is 0.0374. The van der Waals surface area contributed by atoms with Crippen LogP contribution >= 0.6 is 0 Å². The minimum atomic E-state index is 0.216. The van der Waals surface area contributed by atoms with E-state index in [1.807, 2.05) is 18.5 Å².